The first-order valence-corrected chi connectivity index (χ1v) is 6.80. The largest absolute Gasteiger partial charge is 0.496 e. The lowest BCUT2D eigenvalue weighted by Gasteiger charge is -2.14. The summed E-state index contributed by atoms with van der Waals surface area (Å²) in [6, 6.07) is 12.3. The molecule has 2 aromatic carbocycles. The molecular weight excluding hydrogens is 261 g/mol. The van der Waals surface area contributed by atoms with Gasteiger partial charge in [-0.1, -0.05) is 36.0 Å². The van der Waals surface area contributed by atoms with Gasteiger partial charge in [0.15, 0.2) is 0 Å². The van der Waals surface area contributed by atoms with Crippen LogP contribution in [0.2, 0.25) is 0 Å². The van der Waals surface area contributed by atoms with Gasteiger partial charge in [-0.25, -0.2) is 4.39 Å². The van der Waals surface area contributed by atoms with Gasteiger partial charge in [0.05, 0.1) is 16.9 Å². The first kappa shape index (κ1) is 13.9. The predicted molar refractivity (Wildman–Crippen MR) is 76.1 cm³/mol. The van der Waals surface area contributed by atoms with Crippen LogP contribution in [0.5, 0.6) is 5.75 Å². The van der Waals surface area contributed by atoms with Crippen LogP contribution >= 0.6 is 11.8 Å². The van der Waals surface area contributed by atoms with Crippen molar-refractivity contribution in [3.8, 4) is 5.75 Å². The number of hydrogen-bond acceptors (Lipinski definition) is 3. The molecule has 0 aromatic heterocycles. The molecule has 100 valence electrons. The topological polar surface area (TPSA) is 35.2 Å². The fourth-order valence-electron chi connectivity index (χ4n) is 1.80. The second-order valence-electron chi connectivity index (χ2n) is 4.20. The van der Waals surface area contributed by atoms with Gasteiger partial charge in [0, 0.05) is 6.04 Å². The van der Waals surface area contributed by atoms with E-state index in [1.165, 1.54) is 17.8 Å². The highest BCUT2D eigenvalue weighted by Crippen LogP contribution is 2.39. The molecule has 2 nitrogen and oxygen atoms in total. The summed E-state index contributed by atoms with van der Waals surface area (Å²) < 4.78 is 19.3. The number of para-hydroxylation sites is 1. The van der Waals surface area contributed by atoms with E-state index in [1.54, 1.807) is 13.2 Å². The van der Waals surface area contributed by atoms with Crippen LogP contribution in [0.15, 0.2) is 52.3 Å². The Labute approximate surface area is 116 Å². The van der Waals surface area contributed by atoms with Crippen LogP contribution in [0.1, 0.15) is 18.5 Å². The molecule has 2 N–H and O–H groups in total. The quantitative estimate of drug-likeness (QED) is 0.917. The van der Waals surface area contributed by atoms with E-state index in [0.29, 0.717) is 4.90 Å². The van der Waals surface area contributed by atoms with E-state index in [0.717, 1.165) is 16.2 Å². The molecule has 0 aliphatic rings. The molecule has 0 bridgehead atoms. The summed E-state index contributed by atoms with van der Waals surface area (Å²) in [7, 11) is 1.60. The Hall–Kier alpha value is -1.52. The summed E-state index contributed by atoms with van der Waals surface area (Å²) in [5.41, 5.74) is 6.70. The normalized spacial score (nSPS) is 12.2. The van der Waals surface area contributed by atoms with Crippen LogP contribution in [0.25, 0.3) is 0 Å². The zero-order valence-corrected chi connectivity index (χ0v) is 11.7. The smallest absolute Gasteiger partial charge is 0.137 e. The standard InChI is InChI=1S/C15H16FNOS/c1-10(17)11-6-5-7-12(16)15(11)19-14-9-4-3-8-13(14)18-2/h3-10H,17H2,1-2H3/t10-/m1/s1. The molecule has 0 spiro atoms. The molecular formula is C15H16FNOS. The average molecular weight is 277 g/mol. The van der Waals surface area contributed by atoms with Gasteiger partial charge in [0.25, 0.3) is 0 Å². The SMILES string of the molecule is COc1ccccc1Sc1c(F)cccc1[C@@H](C)N. The molecule has 1 atom stereocenters. The van der Waals surface area contributed by atoms with Crippen LogP contribution in [0.3, 0.4) is 0 Å². The number of ether oxygens (including phenoxy) is 1. The highest BCUT2D eigenvalue weighted by molar-refractivity contribution is 7.99. The molecule has 0 fully saturated rings. The Morgan fingerprint density at radius 3 is 2.58 bits per heavy atom. The molecule has 19 heavy (non-hydrogen) atoms. The van der Waals surface area contributed by atoms with Gasteiger partial charge in [0.2, 0.25) is 0 Å². The lowest BCUT2D eigenvalue weighted by Crippen LogP contribution is -2.07. The van der Waals surface area contributed by atoms with Crippen molar-refractivity contribution in [2.24, 2.45) is 5.73 Å². The maximum absolute atomic E-state index is 14.0. The summed E-state index contributed by atoms with van der Waals surface area (Å²) >= 11 is 1.34. The minimum atomic E-state index is -0.259. The van der Waals surface area contributed by atoms with E-state index < -0.39 is 0 Å². The van der Waals surface area contributed by atoms with Crippen LogP contribution in [-0.2, 0) is 0 Å². The zero-order valence-electron chi connectivity index (χ0n) is 10.9. The van der Waals surface area contributed by atoms with E-state index in [-0.39, 0.29) is 11.9 Å². The number of methoxy groups -OCH3 is 1. The lowest BCUT2D eigenvalue weighted by atomic mass is 10.1. The first-order chi connectivity index (χ1) is 9.13. The number of halogens is 1. The minimum Gasteiger partial charge on any atom is -0.496 e. The molecule has 0 unspecified atom stereocenters. The van der Waals surface area contributed by atoms with Crippen molar-refractivity contribution in [1.82, 2.24) is 0 Å². The zero-order chi connectivity index (χ0) is 13.8. The molecule has 0 radical (unpaired) electrons. The third-order valence-electron chi connectivity index (χ3n) is 2.77. The maximum atomic E-state index is 14.0. The molecule has 4 heteroatoms. The third kappa shape index (κ3) is 3.08. The Morgan fingerprint density at radius 2 is 1.89 bits per heavy atom. The Balaban J connectivity index is 2.43. The fourth-order valence-corrected chi connectivity index (χ4v) is 2.96. The van der Waals surface area contributed by atoms with Gasteiger partial charge in [-0.05, 0) is 30.7 Å². The van der Waals surface area contributed by atoms with Gasteiger partial charge in [0.1, 0.15) is 11.6 Å². The molecule has 0 aliphatic carbocycles. The molecule has 2 aromatic rings. The molecule has 0 heterocycles. The third-order valence-corrected chi connectivity index (χ3v) is 3.96. The average Bonchev–Trinajstić information content (AvgIpc) is 2.41. The van der Waals surface area contributed by atoms with E-state index >= 15 is 0 Å². The van der Waals surface area contributed by atoms with Gasteiger partial charge in [-0.15, -0.1) is 0 Å². The van der Waals surface area contributed by atoms with Crippen molar-refractivity contribution in [3.63, 3.8) is 0 Å². The van der Waals surface area contributed by atoms with E-state index in [4.69, 9.17) is 10.5 Å². The number of hydrogen-bond donors (Lipinski definition) is 1. The monoisotopic (exact) mass is 277 g/mol. The Morgan fingerprint density at radius 1 is 1.16 bits per heavy atom. The number of nitrogens with two attached hydrogens (primary N) is 1. The Kier molecular flexibility index (Phi) is 4.45. The van der Waals surface area contributed by atoms with E-state index in [9.17, 15) is 4.39 Å². The minimum absolute atomic E-state index is 0.215. The van der Waals surface area contributed by atoms with E-state index in [2.05, 4.69) is 0 Å². The van der Waals surface area contributed by atoms with Crippen molar-refractivity contribution in [3.05, 3.63) is 53.8 Å². The van der Waals surface area contributed by atoms with Crippen molar-refractivity contribution >= 4 is 11.8 Å². The molecule has 0 saturated carbocycles. The highest BCUT2D eigenvalue weighted by Gasteiger charge is 2.14. The predicted octanol–water partition coefficient (Wildman–Crippen LogP) is 4.01. The summed E-state index contributed by atoms with van der Waals surface area (Å²) in [6.45, 7) is 1.85. The highest BCUT2D eigenvalue weighted by atomic mass is 32.2. The fraction of sp³-hybridized carbons (Fsp3) is 0.200. The van der Waals surface area contributed by atoms with Crippen molar-refractivity contribution in [2.45, 2.75) is 22.8 Å². The molecule has 2 rings (SSSR count). The summed E-state index contributed by atoms with van der Waals surface area (Å²) in [5.74, 6) is 0.470. The maximum Gasteiger partial charge on any atom is 0.137 e. The second-order valence-corrected chi connectivity index (χ2v) is 5.25. The number of rotatable bonds is 4. The molecule has 0 saturated heterocycles. The Bertz CT molecular complexity index is 572. The van der Waals surface area contributed by atoms with Gasteiger partial charge in [-0.2, -0.15) is 0 Å². The van der Waals surface area contributed by atoms with Crippen molar-refractivity contribution < 1.29 is 9.13 Å². The van der Waals surface area contributed by atoms with Crippen LogP contribution in [0, 0.1) is 5.82 Å². The van der Waals surface area contributed by atoms with Crippen LogP contribution in [-0.4, -0.2) is 7.11 Å². The molecule has 0 amide bonds. The van der Waals surface area contributed by atoms with E-state index in [1.807, 2.05) is 37.3 Å². The van der Waals surface area contributed by atoms with Crippen LogP contribution < -0.4 is 10.5 Å². The van der Waals surface area contributed by atoms with Crippen molar-refractivity contribution in [2.75, 3.05) is 7.11 Å². The summed E-state index contributed by atoms with van der Waals surface area (Å²) in [6.07, 6.45) is 0. The summed E-state index contributed by atoms with van der Waals surface area (Å²) in [4.78, 5) is 1.43. The molecule has 0 aliphatic heterocycles. The van der Waals surface area contributed by atoms with Gasteiger partial charge in [-0.3, -0.25) is 0 Å². The summed E-state index contributed by atoms with van der Waals surface area (Å²) in [5, 5.41) is 0. The van der Waals surface area contributed by atoms with Gasteiger partial charge >= 0.3 is 0 Å². The second kappa shape index (κ2) is 6.08. The number of benzene rings is 2. The lowest BCUT2D eigenvalue weighted by molar-refractivity contribution is 0.405. The first-order valence-electron chi connectivity index (χ1n) is 5.98. The van der Waals surface area contributed by atoms with Crippen molar-refractivity contribution in [1.29, 1.82) is 0 Å². The van der Waals surface area contributed by atoms with Crippen LogP contribution in [0.4, 0.5) is 4.39 Å². The van der Waals surface area contributed by atoms with Gasteiger partial charge < -0.3 is 10.5 Å².